The zero-order chi connectivity index (χ0) is 13.8. The Balaban J connectivity index is 2.91. The summed E-state index contributed by atoms with van der Waals surface area (Å²) in [5.74, 6) is -0.353. The lowest BCUT2D eigenvalue weighted by Gasteiger charge is -2.07. The number of aryl methyl sites for hydroxylation is 1. The first kappa shape index (κ1) is 15.5. The third-order valence-electron chi connectivity index (χ3n) is 2.20. The maximum absolute atomic E-state index is 12.0. The SMILES string of the molecule is CSCCCNS(=O)(=O)c1c(C)csc1C(=O)O. The minimum Gasteiger partial charge on any atom is -0.477 e. The number of carboxylic acid groups (broad SMARTS) is 1. The van der Waals surface area contributed by atoms with Gasteiger partial charge in [0.05, 0.1) is 0 Å². The van der Waals surface area contributed by atoms with Gasteiger partial charge < -0.3 is 5.11 Å². The summed E-state index contributed by atoms with van der Waals surface area (Å²) in [5.41, 5.74) is 0.467. The third-order valence-corrected chi connectivity index (χ3v) is 5.76. The van der Waals surface area contributed by atoms with E-state index in [2.05, 4.69) is 4.72 Å². The van der Waals surface area contributed by atoms with Crippen LogP contribution in [0.5, 0.6) is 0 Å². The molecule has 0 aliphatic heterocycles. The molecule has 0 radical (unpaired) electrons. The number of sulfonamides is 1. The van der Waals surface area contributed by atoms with Crippen molar-refractivity contribution in [1.82, 2.24) is 4.72 Å². The van der Waals surface area contributed by atoms with Gasteiger partial charge in [0.2, 0.25) is 10.0 Å². The van der Waals surface area contributed by atoms with Crippen LogP contribution in [0.1, 0.15) is 21.7 Å². The predicted molar refractivity (Wildman–Crippen MR) is 74.2 cm³/mol. The van der Waals surface area contributed by atoms with E-state index >= 15 is 0 Å². The van der Waals surface area contributed by atoms with Crippen molar-refractivity contribution < 1.29 is 18.3 Å². The first-order chi connectivity index (χ1) is 8.40. The lowest BCUT2D eigenvalue weighted by atomic mass is 10.3. The van der Waals surface area contributed by atoms with E-state index < -0.39 is 16.0 Å². The normalized spacial score (nSPS) is 11.7. The molecule has 5 nitrogen and oxygen atoms in total. The first-order valence-corrected chi connectivity index (χ1v) is 8.95. The number of thioether (sulfide) groups is 1. The van der Waals surface area contributed by atoms with Crippen molar-refractivity contribution in [2.75, 3.05) is 18.6 Å². The second-order valence-electron chi connectivity index (χ2n) is 3.63. The third kappa shape index (κ3) is 3.71. The van der Waals surface area contributed by atoms with E-state index in [1.54, 1.807) is 24.1 Å². The van der Waals surface area contributed by atoms with Crippen molar-refractivity contribution in [2.24, 2.45) is 0 Å². The molecule has 0 aliphatic rings. The quantitative estimate of drug-likeness (QED) is 0.750. The van der Waals surface area contributed by atoms with Crippen LogP contribution >= 0.6 is 23.1 Å². The Morgan fingerprint density at radius 1 is 1.56 bits per heavy atom. The fourth-order valence-corrected chi connectivity index (χ4v) is 4.54. The number of aromatic carboxylic acids is 1. The summed E-state index contributed by atoms with van der Waals surface area (Å²) >= 11 is 2.57. The topological polar surface area (TPSA) is 83.5 Å². The molecule has 1 aromatic heterocycles. The highest BCUT2D eigenvalue weighted by Gasteiger charge is 2.26. The average Bonchev–Trinajstić information content (AvgIpc) is 2.67. The van der Waals surface area contributed by atoms with Gasteiger partial charge in [0.1, 0.15) is 9.77 Å². The van der Waals surface area contributed by atoms with Crippen molar-refractivity contribution >= 4 is 39.1 Å². The van der Waals surface area contributed by atoms with Crippen LogP contribution in [0.2, 0.25) is 0 Å². The van der Waals surface area contributed by atoms with Crippen molar-refractivity contribution in [3.8, 4) is 0 Å². The minimum atomic E-state index is -3.73. The van der Waals surface area contributed by atoms with Crippen LogP contribution in [0, 0.1) is 6.92 Å². The number of rotatable bonds is 7. The van der Waals surface area contributed by atoms with Crippen LogP contribution in [0.25, 0.3) is 0 Å². The highest BCUT2D eigenvalue weighted by molar-refractivity contribution is 7.98. The monoisotopic (exact) mass is 309 g/mol. The van der Waals surface area contributed by atoms with Gasteiger partial charge in [0.15, 0.2) is 0 Å². The number of hydrogen-bond acceptors (Lipinski definition) is 5. The molecule has 0 aromatic carbocycles. The summed E-state index contributed by atoms with van der Waals surface area (Å²) in [7, 11) is -3.73. The van der Waals surface area contributed by atoms with Gasteiger partial charge in [-0.25, -0.2) is 17.9 Å². The highest BCUT2D eigenvalue weighted by Crippen LogP contribution is 2.26. The van der Waals surface area contributed by atoms with E-state index in [1.807, 2.05) is 6.26 Å². The maximum Gasteiger partial charge on any atom is 0.347 e. The van der Waals surface area contributed by atoms with Crippen LogP contribution in [-0.2, 0) is 10.0 Å². The molecule has 0 unspecified atom stereocenters. The lowest BCUT2D eigenvalue weighted by Crippen LogP contribution is -2.26. The van der Waals surface area contributed by atoms with Gasteiger partial charge in [-0.2, -0.15) is 11.8 Å². The Kier molecular flexibility index (Phi) is 5.64. The summed E-state index contributed by atoms with van der Waals surface area (Å²) in [6, 6.07) is 0. The van der Waals surface area contributed by atoms with Crippen LogP contribution < -0.4 is 4.72 Å². The van der Waals surface area contributed by atoms with Crippen molar-refractivity contribution in [1.29, 1.82) is 0 Å². The van der Waals surface area contributed by atoms with Crippen LogP contribution in [-0.4, -0.2) is 38.0 Å². The molecule has 0 spiro atoms. The number of hydrogen-bond donors (Lipinski definition) is 2. The molecule has 0 amide bonds. The average molecular weight is 309 g/mol. The summed E-state index contributed by atoms with van der Waals surface area (Å²) in [5, 5.41) is 10.5. The molecular formula is C10H15NO4S3. The van der Waals surface area contributed by atoms with Gasteiger partial charge in [-0.15, -0.1) is 11.3 Å². The van der Waals surface area contributed by atoms with Crippen molar-refractivity contribution in [2.45, 2.75) is 18.2 Å². The number of thiophene rings is 1. The fraction of sp³-hybridized carbons (Fsp3) is 0.500. The first-order valence-electron chi connectivity index (χ1n) is 5.20. The zero-order valence-electron chi connectivity index (χ0n) is 10.1. The summed E-state index contributed by atoms with van der Waals surface area (Å²) in [6.07, 6.45) is 2.66. The molecular weight excluding hydrogens is 294 g/mol. The minimum absolute atomic E-state index is 0.107. The molecule has 2 N–H and O–H groups in total. The Hall–Kier alpha value is -0.570. The standard InChI is InChI=1S/C10H15NO4S3/c1-7-6-17-8(10(12)13)9(7)18(14,15)11-4-3-5-16-2/h6,11H,3-5H2,1-2H3,(H,12,13). The van der Waals surface area contributed by atoms with E-state index in [0.29, 0.717) is 18.5 Å². The smallest absolute Gasteiger partial charge is 0.347 e. The molecule has 0 saturated heterocycles. The van der Waals surface area contributed by atoms with Gasteiger partial charge in [-0.1, -0.05) is 0 Å². The summed E-state index contributed by atoms with van der Waals surface area (Å²) in [4.78, 5) is 10.7. The van der Waals surface area contributed by atoms with Crippen LogP contribution in [0.15, 0.2) is 10.3 Å². The highest BCUT2D eigenvalue weighted by atomic mass is 32.2. The van der Waals surface area contributed by atoms with Gasteiger partial charge in [0.25, 0.3) is 0 Å². The number of nitrogens with one attached hydrogen (secondary N) is 1. The van der Waals surface area contributed by atoms with E-state index in [4.69, 9.17) is 5.11 Å². The van der Waals surface area contributed by atoms with Gasteiger partial charge >= 0.3 is 5.97 Å². The predicted octanol–water partition coefficient (Wildman–Crippen LogP) is 1.79. The van der Waals surface area contributed by atoms with Crippen LogP contribution in [0.3, 0.4) is 0 Å². The Labute approximate surface area is 115 Å². The van der Waals surface area contributed by atoms with Crippen molar-refractivity contribution in [3.05, 3.63) is 15.8 Å². The van der Waals surface area contributed by atoms with Gasteiger partial charge in [-0.05, 0) is 36.3 Å². The van der Waals surface area contributed by atoms with E-state index in [9.17, 15) is 13.2 Å². The van der Waals surface area contributed by atoms with E-state index in [-0.39, 0.29) is 9.77 Å². The zero-order valence-corrected chi connectivity index (χ0v) is 12.5. The molecule has 0 bridgehead atoms. The summed E-state index contributed by atoms with van der Waals surface area (Å²) < 4.78 is 26.5. The number of carboxylic acids is 1. The molecule has 8 heteroatoms. The Morgan fingerprint density at radius 3 is 2.78 bits per heavy atom. The molecule has 102 valence electrons. The van der Waals surface area contributed by atoms with Gasteiger partial charge in [-0.3, -0.25) is 0 Å². The molecule has 0 fully saturated rings. The fourth-order valence-electron chi connectivity index (χ4n) is 1.41. The molecule has 0 atom stereocenters. The van der Waals surface area contributed by atoms with Crippen LogP contribution in [0.4, 0.5) is 0 Å². The largest absolute Gasteiger partial charge is 0.477 e. The number of carbonyl (C=O) groups is 1. The molecule has 1 rings (SSSR count). The maximum atomic E-state index is 12.0. The molecule has 18 heavy (non-hydrogen) atoms. The molecule has 1 heterocycles. The lowest BCUT2D eigenvalue weighted by molar-refractivity contribution is 0.0698. The molecule has 0 aliphatic carbocycles. The van der Waals surface area contributed by atoms with E-state index in [0.717, 1.165) is 17.1 Å². The Morgan fingerprint density at radius 2 is 2.22 bits per heavy atom. The van der Waals surface area contributed by atoms with Gasteiger partial charge in [0, 0.05) is 6.54 Å². The Bertz CT molecular complexity index is 521. The van der Waals surface area contributed by atoms with Crippen molar-refractivity contribution in [3.63, 3.8) is 0 Å². The second-order valence-corrected chi connectivity index (χ2v) is 7.20. The molecule has 1 aromatic rings. The summed E-state index contributed by atoms with van der Waals surface area (Å²) in [6.45, 7) is 1.91. The second kappa shape index (κ2) is 6.55. The van der Waals surface area contributed by atoms with E-state index in [1.165, 1.54) is 0 Å². The molecule has 0 saturated carbocycles.